The van der Waals surface area contributed by atoms with Crippen molar-refractivity contribution in [2.45, 2.75) is 19.3 Å². The number of thiophene rings is 1. The van der Waals surface area contributed by atoms with E-state index in [2.05, 4.69) is 37.2 Å². The Hall–Kier alpha value is -0.400. The van der Waals surface area contributed by atoms with E-state index in [0.717, 1.165) is 45.6 Å². The van der Waals surface area contributed by atoms with E-state index in [4.69, 9.17) is 0 Å². The molecule has 4 nitrogen and oxygen atoms in total. The van der Waals surface area contributed by atoms with Crippen molar-refractivity contribution in [2.75, 3.05) is 19.6 Å². The van der Waals surface area contributed by atoms with Gasteiger partial charge in [-0.25, -0.2) is 0 Å². The first-order chi connectivity index (χ1) is 9.49. The molecule has 1 aromatic rings. The zero-order valence-corrected chi connectivity index (χ0v) is 14.7. The lowest BCUT2D eigenvalue weighted by atomic mass is 9.77. The monoisotopic (exact) mass is 420 g/mol. The van der Waals surface area contributed by atoms with Gasteiger partial charge >= 0.3 is 0 Å². The molecule has 0 radical (unpaired) electrons. The number of carbonyl (C=O) groups is 2. The fourth-order valence-electron chi connectivity index (χ4n) is 2.90. The van der Waals surface area contributed by atoms with Crippen molar-refractivity contribution in [3.63, 3.8) is 0 Å². The summed E-state index contributed by atoms with van der Waals surface area (Å²) in [4.78, 5) is 26.5. The SMILES string of the molecule is O=C1CC2(CCN(C(=O)c3cc(Br)c(Br)s3)CC2)CN1. The fraction of sp³-hybridized carbons (Fsp3) is 0.538. The van der Waals surface area contributed by atoms with Crippen LogP contribution in [0.15, 0.2) is 14.3 Å². The second-order valence-electron chi connectivity index (χ2n) is 5.48. The lowest BCUT2D eigenvalue weighted by molar-refractivity contribution is -0.119. The van der Waals surface area contributed by atoms with E-state index >= 15 is 0 Å². The molecule has 2 saturated heterocycles. The van der Waals surface area contributed by atoms with Crippen LogP contribution in [0.2, 0.25) is 0 Å². The van der Waals surface area contributed by atoms with E-state index < -0.39 is 0 Å². The molecule has 7 heteroatoms. The topological polar surface area (TPSA) is 49.4 Å². The van der Waals surface area contributed by atoms with Crippen molar-refractivity contribution >= 4 is 55.0 Å². The number of nitrogens with one attached hydrogen (secondary N) is 1. The van der Waals surface area contributed by atoms with Gasteiger partial charge in [-0.2, -0.15) is 0 Å². The molecule has 0 saturated carbocycles. The van der Waals surface area contributed by atoms with E-state index in [9.17, 15) is 9.59 Å². The van der Waals surface area contributed by atoms with Crippen LogP contribution < -0.4 is 5.32 Å². The Balaban J connectivity index is 1.66. The molecule has 1 N–H and O–H groups in total. The molecule has 2 aliphatic heterocycles. The summed E-state index contributed by atoms with van der Waals surface area (Å²) in [6, 6.07) is 1.86. The standard InChI is InChI=1S/C13H14Br2N2O2S/c14-8-5-9(20-11(8)15)12(19)17-3-1-13(2-4-17)6-10(18)16-7-13/h5H,1-4,6-7H2,(H,16,18). The van der Waals surface area contributed by atoms with Crippen molar-refractivity contribution in [3.05, 3.63) is 19.2 Å². The highest BCUT2D eigenvalue weighted by Crippen LogP contribution is 2.39. The van der Waals surface area contributed by atoms with Gasteiger partial charge in [0.05, 0.1) is 8.66 Å². The first kappa shape index (κ1) is 14.5. The first-order valence-corrected chi connectivity index (χ1v) is 8.90. The molecule has 2 amide bonds. The van der Waals surface area contributed by atoms with Gasteiger partial charge in [0.25, 0.3) is 5.91 Å². The summed E-state index contributed by atoms with van der Waals surface area (Å²) < 4.78 is 1.87. The van der Waals surface area contributed by atoms with Gasteiger partial charge in [-0.05, 0) is 56.2 Å². The molecular formula is C13H14Br2N2O2S. The van der Waals surface area contributed by atoms with Crippen molar-refractivity contribution in [1.29, 1.82) is 0 Å². The van der Waals surface area contributed by atoms with Gasteiger partial charge in [0.2, 0.25) is 5.91 Å². The molecule has 0 aromatic carbocycles. The summed E-state index contributed by atoms with van der Waals surface area (Å²) in [6.07, 6.45) is 2.43. The molecule has 2 aliphatic rings. The third-order valence-electron chi connectivity index (χ3n) is 4.16. The fourth-order valence-corrected chi connectivity index (χ4v) is 4.90. The van der Waals surface area contributed by atoms with Crippen molar-refractivity contribution in [2.24, 2.45) is 5.41 Å². The molecule has 3 heterocycles. The molecule has 0 unspecified atom stereocenters. The summed E-state index contributed by atoms with van der Waals surface area (Å²) >= 11 is 8.28. The largest absolute Gasteiger partial charge is 0.356 e. The van der Waals surface area contributed by atoms with Gasteiger partial charge in [-0.15, -0.1) is 11.3 Å². The first-order valence-electron chi connectivity index (χ1n) is 6.50. The Morgan fingerprint density at radius 3 is 2.55 bits per heavy atom. The van der Waals surface area contributed by atoms with Gasteiger partial charge in [-0.3, -0.25) is 9.59 Å². The number of rotatable bonds is 1. The minimum Gasteiger partial charge on any atom is -0.356 e. The zero-order valence-electron chi connectivity index (χ0n) is 10.7. The normalized spacial score (nSPS) is 21.3. The Bertz CT molecular complexity index is 545. The van der Waals surface area contributed by atoms with Crippen LogP contribution in [-0.2, 0) is 4.79 Å². The molecule has 1 spiro atoms. The van der Waals surface area contributed by atoms with Crippen molar-refractivity contribution < 1.29 is 9.59 Å². The predicted molar refractivity (Wildman–Crippen MR) is 84.9 cm³/mol. The van der Waals surface area contributed by atoms with Crippen LogP contribution in [-0.4, -0.2) is 36.3 Å². The molecule has 20 heavy (non-hydrogen) atoms. The number of amides is 2. The van der Waals surface area contributed by atoms with Crippen molar-refractivity contribution in [3.8, 4) is 0 Å². The number of piperidine rings is 1. The smallest absolute Gasteiger partial charge is 0.264 e. The zero-order chi connectivity index (χ0) is 14.3. The Morgan fingerprint density at radius 2 is 2.05 bits per heavy atom. The van der Waals surface area contributed by atoms with Crippen LogP contribution >= 0.6 is 43.2 Å². The Labute approximate surface area is 138 Å². The molecule has 108 valence electrons. The number of halogens is 2. The van der Waals surface area contributed by atoms with Gasteiger partial charge in [0, 0.05) is 30.5 Å². The summed E-state index contributed by atoms with van der Waals surface area (Å²) in [5.74, 6) is 0.240. The number of hydrogen-bond acceptors (Lipinski definition) is 3. The van der Waals surface area contributed by atoms with E-state index in [1.54, 1.807) is 0 Å². The third-order valence-corrected chi connectivity index (χ3v) is 7.41. The van der Waals surface area contributed by atoms with E-state index in [-0.39, 0.29) is 17.2 Å². The van der Waals surface area contributed by atoms with Crippen LogP contribution in [0.25, 0.3) is 0 Å². The average molecular weight is 422 g/mol. The second-order valence-corrected chi connectivity index (χ2v) is 8.70. The molecule has 3 rings (SSSR count). The van der Waals surface area contributed by atoms with E-state index in [1.165, 1.54) is 11.3 Å². The van der Waals surface area contributed by atoms with E-state index in [1.807, 2.05) is 11.0 Å². The molecule has 0 bridgehead atoms. The maximum Gasteiger partial charge on any atom is 0.264 e. The van der Waals surface area contributed by atoms with Crippen molar-refractivity contribution in [1.82, 2.24) is 10.2 Å². The maximum atomic E-state index is 12.4. The second kappa shape index (κ2) is 5.42. The van der Waals surface area contributed by atoms with Gasteiger partial charge in [0.1, 0.15) is 0 Å². The average Bonchev–Trinajstić information content (AvgIpc) is 2.94. The van der Waals surface area contributed by atoms with Crippen LogP contribution in [0.3, 0.4) is 0 Å². The predicted octanol–water partition coefficient (Wildman–Crippen LogP) is 3.02. The number of hydrogen-bond donors (Lipinski definition) is 1. The number of nitrogens with zero attached hydrogens (tertiary/aromatic N) is 1. The molecule has 1 aromatic heterocycles. The highest BCUT2D eigenvalue weighted by Gasteiger charge is 2.41. The summed E-state index contributed by atoms with van der Waals surface area (Å²) in [5.41, 5.74) is 0.0878. The highest BCUT2D eigenvalue weighted by molar-refractivity contribution is 9.13. The number of carbonyl (C=O) groups excluding carboxylic acids is 2. The number of likely N-dealkylation sites (tertiary alicyclic amines) is 1. The molecule has 0 atom stereocenters. The van der Waals surface area contributed by atoms with Crippen LogP contribution in [0.1, 0.15) is 28.9 Å². The minimum atomic E-state index is 0.0878. The summed E-state index contributed by atoms with van der Waals surface area (Å²) in [7, 11) is 0. The maximum absolute atomic E-state index is 12.4. The summed E-state index contributed by atoms with van der Waals surface area (Å²) in [6.45, 7) is 2.24. The molecular weight excluding hydrogens is 408 g/mol. The molecule has 2 fully saturated rings. The third kappa shape index (κ3) is 2.67. The minimum absolute atomic E-state index is 0.0878. The lowest BCUT2D eigenvalue weighted by Gasteiger charge is -2.38. The Morgan fingerprint density at radius 1 is 1.35 bits per heavy atom. The van der Waals surface area contributed by atoms with Gasteiger partial charge in [-0.1, -0.05) is 0 Å². The quantitative estimate of drug-likeness (QED) is 0.757. The van der Waals surface area contributed by atoms with E-state index in [0.29, 0.717) is 6.42 Å². The lowest BCUT2D eigenvalue weighted by Crippen LogP contribution is -2.43. The van der Waals surface area contributed by atoms with Crippen LogP contribution in [0.4, 0.5) is 0 Å². The van der Waals surface area contributed by atoms with Gasteiger partial charge in [0.15, 0.2) is 0 Å². The highest BCUT2D eigenvalue weighted by atomic mass is 79.9. The molecule has 0 aliphatic carbocycles. The van der Waals surface area contributed by atoms with Crippen LogP contribution in [0.5, 0.6) is 0 Å². The van der Waals surface area contributed by atoms with Gasteiger partial charge < -0.3 is 10.2 Å². The van der Waals surface area contributed by atoms with Crippen LogP contribution in [0, 0.1) is 5.41 Å². The Kier molecular flexibility index (Phi) is 3.94. The summed E-state index contributed by atoms with van der Waals surface area (Å²) in [5, 5.41) is 2.91.